The van der Waals surface area contributed by atoms with Crippen molar-refractivity contribution in [3.8, 4) is 0 Å². The fourth-order valence-electron chi connectivity index (χ4n) is 1.38. The summed E-state index contributed by atoms with van der Waals surface area (Å²) >= 11 is 5.13. The van der Waals surface area contributed by atoms with Crippen molar-refractivity contribution in [1.29, 1.82) is 0 Å². The predicted molar refractivity (Wildman–Crippen MR) is 50.5 cm³/mol. The zero-order valence-corrected chi connectivity index (χ0v) is 8.19. The molecule has 1 aromatic rings. The van der Waals surface area contributed by atoms with E-state index in [1.165, 1.54) is 12.3 Å². The number of carbonyl (C=O) groups is 3. The van der Waals surface area contributed by atoms with Crippen LogP contribution in [-0.2, 0) is 4.79 Å². The van der Waals surface area contributed by atoms with Crippen molar-refractivity contribution < 1.29 is 14.4 Å². The third-order valence-electron chi connectivity index (χ3n) is 2.01. The minimum absolute atomic E-state index is 0.0698. The Morgan fingerprint density at radius 2 is 2.13 bits per heavy atom. The van der Waals surface area contributed by atoms with Crippen molar-refractivity contribution in [2.45, 2.75) is 0 Å². The van der Waals surface area contributed by atoms with Gasteiger partial charge in [0.25, 0.3) is 11.8 Å². The monoisotopic (exact) mass is 224 g/mol. The molecule has 5 nitrogen and oxygen atoms in total. The van der Waals surface area contributed by atoms with Crippen LogP contribution in [0.1, 0.15) is 20.8 Å². The van der Waals surface area contributed by atoms with Crippen molar-refractivity contribution in [3.05, 3.63) is 29.6 Å². The summed E-state index contributed by atoms with van der Waals surface area (Å²) in [7, 11) is 0. The molecule has 0 bridgehead atoms. The highest BCUT2D eigenvalue weighted by Gasteiger charge is 2.37. The Kier molecular flexibility index (Phi) is 2.24. The van der Waals surface area contributed by atoms with Gasteiger partial charge >= 0.3 is 0 Å². The van der Waals surface area contributed by atoms with E-state index in [1.807, 2.05) is 0 Å². The number of hydrogen-bond donors (Lipinski definition) is 0. The van der Waals surface area contributed by atoms with E-state index in [9.17, 15) is 14.4 Å². The molecule has 1 aliphatic heterocycles. The van der Waals surface area contributed by atoms with Gasteiger partial charge in [-0.05, 0) is 23.7 Å². The molecule has 6 heteroatoms. The molecule has 1 aliphatic rings. The van der Waals surface area contributed by atoms with Crippen molar-refractivity contribution in [2.24, 2.45) is 0 Å². The molecule has 0 aliphatic carbocycles. The summed E-state index contributed by atoms with van der Waals surface area (Å²) in [6.45, 7) is -0.421. The lowest BCUT2D eigenvalue weighted by Crippen LogP contribution is -2.33. The number of pyridine rings is 1. The van der Waals surface area contributed by atoms with Crippen LogP contribution in [0, 0.1) is 0 Å². The number of rotatable bonds is 2. The molecule has 2 amide bonds. The van der Waals surface area contributed by atoms with Gasteiger partial charge in [-0.25, -0.2) is 0 Å². The third kappa shape index (κ3) is 1.50. The van der Waals surface area contributed by atoms with Gasteiger partial charge in [0.1, 0.15) is 12.2 Å². The second-order valence-electron chi connectivity index (χ2n) is 2.95. The number of halogens is 1. The van der Waals surface area contributed by atoms with Crippen LogP contribution in [-0.4, -0.2) is 33.5 Å². The second-order valence-corrected chi connectivity index (χ2v) is 3.37. The highest BCUT2D eigenvalue weighted by Crippen LogP contribution is 2.19. The Bertz CT molecular complexity index is 437. The zero-order valence-electron chi connectivity index (χ0n) is 7.44. The Labute approximate surface area is 89.7 Å². The van der Waals surface area contributed by atoms with Gasteiger partial charge in [-0.3, -0.25) is 24.3 Å². The van der Waals surface area contributed by atoms with Gasteiger partial charge < -0.3 is 0 Å². The molecule has 2 rings (SSSR count). The van der Waals surface area contributed by atoms with Gasteiger partial charge in [0.15, 0.2) is 0 Å². The maximum absolute atomic E-state index is 11.6. The quantitative estimate of drug-likeness (QED) is 0.540. The summed E-state index contributed by atoms with van der Waals surface area (Å²) in [6, 6.07) is 3.04. The maximum atomic E-state index is 11.6. The van der Waals surface area contributed by atoms with E-state index in [0.29, 0.717) is 0 Å². The molecule has 0 atom stereocenters. The molecule has 0 spiro atoms. The molecule has 0 unspecified atom stereocenters. The summed E-state index contributed by atoms with van der Waals surface area (Å²) < 4.78 is 0. The maximum Gasteiger partial charge on any atom is 0.280 e. The Hall–Kier alpha value is -1.75. The van der Waals surface area contributed by atoms with Gasteiger partial charge in [-0.15, -0.1) is 0 Å². The Balaban J connectivity index is 2.41. The molecule has 0 saturated carbocycles. The topological polar surface area (TPSA) is 67.3 Å². The molecule has 2 heterocycles. The minimum atomic E-state index is -0.760. The van der Waals surface area contributed by atoms with Crippen LogP contribution in [0.5, 0.6) is 0 Å². The molecular weight excluding hydrogens is 220 g/mol. The van der Waals surface area contributed by atoms with E-state index in [1.54, 1.807) is 6.07 Å². The van der Waals surface area contributed by atoms with E-state index in [2.05, 4.69) is 4.98 Å². The SMILES string of the molecule is O=C(Cl)CN1C(=O)c2cccnc2C1=O. The number of nitrogens with zero attached hydrogens (tertiary/aromatic N) is 2. The first kappa shape index (κ1) is 9.79. The van der Waals surface area contributed by atoms with Crippen LogP contribution >= 0.6 is 11.6 Å². The van der Waals surface area contributed by atoms with Crippen LogP contribution < -0.4 is 0 Å². The lowest BCUT2D eigenvalue weighted by molar-refractivity contribution is -0.112. The molecule has 76 valence electrons. The van der Waals surface area contributed by atoms with Crippen molar-refractivity contribution in [3.63, 3.8) is 0 Å². The predicted octanol–water partition coefficient (Wildman–Crippen LogP) is 0.443. The van der Waals surface area contributed by atoms with Crippen LogP contribution in [0.15, 0.2) is 18.3 Å². The Morgan fingerprint density at radius 1 is 1.40 bits per heavy atom. The fourth-order valence-corrected chi connectivity index (χ4v) is 1.50. The summed E-state index contributed by atoms with van der Waals surface area (Å²) in [5.41, 5.74) is 0.279. The molecule has 0 saturated heterocycles. The van der Waals surface area contributed by atoms with E-state index in [0.717, 1.165) is 4.90 Å². The van der Waals surface area contributed by atoms with Crippen molar-refractivity contribution >= 4 is 28.7 Å². The largest absolute Gasteiger partial charge is 0.280 e. The van der Waals surface area contributed by atoms with Gasteiger partial charge in [0, 0.05) is 6.20 Å². The fraction of sp³-hybridized carbons (Fsp3) is 0.111. The molecular formula is C9H5ClN2O3. The summed E-state index contributed by atoms with van der Waals surface area (Å²) in [5, 5.41) is -0.760. The van der Waals surface area contributed by atoms with E-state index < -0.39 is 23.6 Å². The molecule has 0 aromatic carbocycles. The van der Waals surface area contributed by atoms with E-state index in [-0.39, 0.29) is 11.3 Å². The first-order valence-corrected chi connectivity index (χ1v) is 4.48. The van der Waals surface area contributed by atoms with Crippen molar-refractivity contribution in [2.75, 3.05) is 6.54 Å². The van der Waals surface area contributed by atoms with Gasteiger partial charge in [0.2, 0.25) is 5.24 Å². The molecule has 0 radical (unpaired) electrons. The van der Waals surface area contributed by atoms with E-state index >= 15 is 0 Å². The van der Waals surface area contributed by atoms with Crippen LogP contribution in [0.4, 0.5) is 0 Å². The standard InChI is InChI=1S/C9H5ClN2O3/c10-6(13)4-12-8(14)5-2-1-3-11-7(5)9(12)15/h1-3H,4H2. The second kappa shape index (κ2) is 3.43. The van der Waals surface area contributed by atoms with Gasteiger partial charge in [-0.1, -0.05) is 0 Å². The lowest BCUT2D eigenvalue weighted by atomic mass is 10.2. The number of fused-ring (bicyclic) bond motifs is 1. The van der Waals surface area contributed by atoms with Gasteiger partial charge in [-0.2, -0.15) is 0 Å². The summed E-state index contributed by atoms with van der Waals surface area (Å²) in [5.74, 6) is -1.11. The summed E-state index contributed by atoms with van der Waals surface area (Å²) in [4.78, 5) is 38.4. The number of aromatic nitrogens is 1. The van der Waals surface area contributed by atoms with Crippen LogP contribution in [0.2, 0.25) is 0 Å². The molecule has 15 heavy (non-hydrogen) atoms. The molecule has 0 N–H and O–H groups in total. The van der Waals surface area contributed by atoms with E-state index in [4.69, 9.17) is 11.6 Å². The number of carbonyl (C=O) groups excluding carboxylic acids is 3. The number of hydrogen-bond acceptors (Lipinski definition) is 4. The molecule has 1 aromatic heterocycles. The molecule has 0 fully saturated rings. The third-order valence-corrected chi connectivity index (χ3v) is 2.13. The average Bonchev–Trinajstić information content (AvgIpc) is 2.44. The normalized spacial score (nSPS) is 14.3. The smallest absolute Gasteiger partial charge is 0.279 e. The minimum Gasteiger partial charge on any atom is -0.279 e. The highest BCUT2D eigenvalue weighted by atomic mass is 35.5. The zero-order chi connectivity index (χ0) is 11.0. The number of amides is 2. The van der Waals surface area contributed by atoms with Gasteiger partial charge in [0.05, 0.1) is 5.56 Å². The first-order chi connectivity index (χ1) is 7.11. The van der Waals surface area contributed by atoms with Crippen LogP contribution in [0.25, 0.3) is 0 Å². The van der Waals surface area contributed by atoms with Crippen LogP contribution in [0.3, 0.4) is 0 Å². The summed E-state index contributed by atoms with van der Waals surface area (Å²) in [6.07, 6.45) is 1.41. The lowest BCUT2D eigenvalue weighted by Gasteiger charge is -2.08. The number of imide groups is 1. The first-order valence-electron chi connectivity index (χ1n) is 4.11. The highest BCUT2D eigenvalue weighted by molar-refractivity contribution is 6.64. The Morgan fingerprint density at radius 3 is 2.73 bits per heavy atom. The van der Waals surface area contributed by atoms with Crippen molar-refractivity contribution in [1.82, 2.24) is 9.88 Å². The average molecular weight is 225 g/mol.